The molecule has 146 valence electrons. The number of hydrogen-bond donors (Lipinski definition) is 2. The Bertz CT molecular complexity index is 887. The molecule has 1 saturated heterocycles. The second kappa shape index (κ2) is 8.38. The Hall–Kier alpha value is -3.62. The number of rotatable bonds is 7. The number of carbonyl (C=O) groups is 3. The van der Waals surface area contributed by atoms with E-state index in [9.17, 15) is 14.4 Å². The highest BCUT2D eigenvalue weighted by atomic mass is 16.5. The van der Waals surface area contributed by atoms with Crippen molar-refractivity contribution in [1.82, 2.24) is 15.2 Å². The van der Waals surface area contributed by atoms with Crippen LogP contribution in [0, 0.1) is 0 Å². The van der Waals surface area contributed by atoms with Crippen molar-refractivity contribution in [2.75, 3.05) is 19.5 Å². The number of nitrogens with zero attached hydrogens (tertiary/aromatic N) is 2. The molecule has 0 spiro atoms. The van der Waals surface area contributed by atoms with Crippen molar-refractivity contribution >= 4 is 23.7 Å². The van der Waals surface area contributed by atoms with Crippen LogP contribution in [0.3, 0.4) is 0 Å². The summed E-state index contributed by atoms with van der Waals surface area (Å²) in [7, 11) is 3.03. The molecular weight excluding hydrogens is 364 g/mol. The number of pyridine rings is 1. The summed E-state index contributed by atoms with van der Waals surface area (Å²) in [5, 5.41) is 5.14. The predicted molar refractivity (Wildman–Crippen MR) is 99.9 cm³/mol. The first-order valence-corrected chi connectivity index (χ1v) is 8.55. The maximum atomic E-state index is 12.6. The first-order valence-electron chi connectivity index (χ1n) is 8.55. The zero-order chi connectivity index (χ0) is 20.1. The Morgan fingerprint density at radius 2 is 1.96 bits per heavy atom. The fourth-order valence-corrected chi connectivity index (χ4v) is 2.84. The lowest BCUT2D eigenvalue weighted by molar-refractivity contribution is -0.130. The van der Waals surface area contributed by atoms with E-state index in [-0.39, 0.29) is 13.0 Å². The maximum Gasteiger partial charge on any atom is 0.325 e. The van der Waals surface area contributed by atoms with Crippen LogP contribution in [0.25, 0.3) is 0 Å². The number of carbonyl (C=O) groups excluding carboxylic acids is 3. The summed E-state index contributed by atoms with van der Waals surface area (Å²) >= 11 is 0. The average molecular weight is 384 g/mol. The van der Waals surface area contributed by atoms with Crippen LogP contribution in [0.1, 0.15) is 12.0 Å². The highest BCUT2D eigenvalue weighted by Gasteiger charge is 2.39. The molecule has 4 amide bonds. The number of amides is 4. The number of aromatic nitrogens is 1. The summed E-state index contributed by atoms with van der Waals surface area (Å²) in [6.45, 7) is 0.0589. The molecule has 0 saturated carbocycles. The van der Waals surface area contributed by atoms with Gasteiger partial charge in [0.05, 0.1) is 27.2 Å². The van der Waals surface area contributed by atoms with Crippen LogP contribution in [0.4, 0.5) is 10.6 Å². The molecule has 0 radical (unpaired) electrons. The van der Waals surface area contributed by atoms with E-state index in [2.05, 4.69) is 15.6 Å². The van der Waals surface area contributed by atoms with Gasteiger partial charge in [-0.1, -0.05) is 12.1 Å². The van der Waals surface area contributed by atoms with Crippen molar-refractivity contribution in [1.29, 1.82) is 0 Å². The van der Waals surface area contributed by atoms with Gasteiger partial charge in [-0.15, -0.1) is 0 Å². The number of benzene rings is 1. The molecular formula is C19H20N4O5. The summed E-state index contributed by atoms with van der Waals surface area (Å²) in [6.07, 6.45) is 1.37. The van der Waals surface area contributed by atoms with E-state index < -0.39 is 23.9 Å². The first kappa shape index (κ1) is 19.2. The molecule has 1 aromatic carbocycles. The topological polar surface area (TPSA) is 110 Å². The summed E-state index contributed by atoms with van der Waals surface area (Å²) in [4.78, 5) is 42.0. The van der Waals surface area contributed by atoms with Crippen molar-refractivity contribution in [2.45, 2.75) is 19.0 Å². The van der Waals surface area contributed by atoms with E-state index in [0.717, 1.165) is 4.90 Å². The fraction of sp³-hybridized carbons (Fsp3) is 0.263. The minimum absolute atomic E-state index is 0.0589. The summed E-state index contributed by atoms with van der Waals surface area (Å²) in [6, 6.07) is 8.76. The van der Waals surface area contributed by atoms with E-state index in [1.54, 1.807) is 42.6 Å². The zero-order valence-corrected chi connectivity index (χ0v) is 15.5. The molecule has 0 bridgehead atoms. The van der Waals surface area contributed by atoms with E-state index in [4.69, 9.17) is 9.47 Å². The Morgan fingerprint density at radius 1 is 1.18 bits per heavy atom. The quantitative estimate of drug-likeness (QED) is 0.701. The van der Waals surface area contributed by atoms with Crippen LogP contribution < -0.4 is 20.1 Å². The molecule has 9 nitrogen and oxygen atoms in total. The van der Waals surface area contributed by atoms with Gasteiger partial charge in [-0.05, 0) is 29.8 Å². The summed E-state index contributed by atoms with van der Waals surface area (Å²) < 4.78 is 10.4. The maximum absolute atomic E-state index is 12.6. The largest absolute Gasteiger partial charge is 0.493 e. The Morgan fingerprint density at radius 3 is 2.64 bits per heavy atom. The van der Waals surface area contributed by atoms with Crippen LogP contribution in [0.2, 0.25) is 0 Å². The predicted octanol–water partition coefficient (Wildman–Crippen LogP) is 1.55. The van der Waals surface area contributed by atoms with Crippen LogP contribution in [0.5, 0.6) is 11.5 Å². The molecule has 28 heavy (non-hydrogen) atoms. The van der Waals surface area contributed by atoms with Crippen LogP contribution in [0.15, 0.2) is 42.6 Å². The van der Waals surface area contributed by atoms with Crippen molar-refractivity contribution in [3.8, 4) is 11.5 Å². The lowest BCUT2D eigenvalue weighted by Gasteiger charge is -2.15. The van der Waals surface area contributed by atoms with Gasteiger partial charge < -0.3 is 20.1 Å². The van der Waals surface area contributed by atoms with Gasteiger partial charge in [0.15, 0.2) is 11.5 Å². The summed E-state index contributed by atoms with van der Waals surface area (Å²) in [5.74, 6) is 0.554. The third kappa shape index (κ3) is 4.20. The zero-order valence-electron chi connectivity index (χ0n) is 15.5. The van der Waals surface area contributed by atoms with E-state index in [0.29, 0.717) is 22.9 Å². The smallest absolute Gasteiger partial charge is 0.325 e. The molecule has 1 atom stereocenters. The number of methoxy groups -OCH3 is 2. The van der Waals surface area contributed by atoms with E-state index >= 15 is 0 Å². The van der Waals surface area contributed by atoms with Crippen LogP contribution in [-0.2, 0) is 16.1 Å². The minimum atomic E-state index is -0.920. The first-order chi connectivity index (χ1) is 13.5. The molecule has 1 aliphatic heterocycles. The number of hydrogen-bond acceptors (Lipinski definition) is 6. The summed E-state index contributed by atoms with van der Waals surface area (Å²) in [5.41, 5.74) is 0.694. The molecule has 2 aromatic rings. The lowest BCUT2D eigenvalue weighted by Crippen LogP contribution is -2.34. The number of anilines is 1. The SMILES string of the molecule is COc1ccc(CN2C(=O)NC(CC(=O)Nc3ccccn3)C2=O)cc1OC. The number of imide groups is 1. The van der Waals surface area contributed by atoms with Gasteiger partial charge >= 0.3 is 6.03 Å². The van der Waals surface area contributed by atoms with Crippen LogP contribution in [-0.4, -0.2) is 48.0 Å². The molecule has 1 unspecified atom stereocenters. The van der Waals surface area contributed by atoms with Gasteiger partial charge in [0.2, 0.25) is 5.91 Å². The molecule has 1 aromatic heterocycles. The molecule has 3 rings (SSSR count). The fourth-order valence-electron chi connectivity index (χ4n) is 2.84. The Balaban J connectivity index is 1.64. The standard InChI is InChI=1S/C19H20N4O5/c1-27-14-7-6-12(9-15(14)28-2)11-23-18(25)13(21-19(23)26)10-17(24)22-16-5-3-4-8-20-16/h3-9,13H,10-11H2,1-2H3,(H,21,26)(H,20,22,24). The van der Waals surface area contributed by atoms with Gasteiger partial charge in [-0.2, -0.15) is 0 Å². The monoisotopic (exact) mass is 384 g/mol. The third-order valence-corrected chi connectivity index (χ3v) is 4.22. The number of nitrogens with one attached hydrogen (secondary N) is 2. The molecule has 2 N–H and O–H groups in total. The third-order valence-electron chi connectivity index (χ3n) is 4.22. The van der Waals surface area contributed by atoms with Gasteiger partial charge in [0.25, 0.3) is 5.91 Å². The molecule has 2 heterocycles. The second-order valence-electron chi connectivity index (χ2n) is 6.08. The average Bonchev–Trinajstić information content (AvgIpc) is 2.95. The molecule has 0 aliphatic carbocycles. The minimum Gasteiger partial charge on any atom is -0.493 e. The van der Waals surface area contributed by atoms with Crippen molar-refractivity contribution in [3.05, 3.63) is 48.2 Å². The van der Waals surface area contributed by atoms with Gasteiger partial charge in [0, 0.05) is 6.20 Å². The van der Waals surface area contributed by atoms with Crippen molar-refractivity contribution in [2.24, 2.45) is 0 Å². The Labute approximate surface area is 161 Å². The van der Waals surface area contributed by atoms with Crippen molar-refractivity contribution in [3.63, 3.8) is 0 Å². The van der Waals surface area contributed by atoms with Crippen molar-refractivity contribution < 1.29 is 23.9 Å². The van der Waals surface area contributed by atoms with Gasteiger partial charge in [-0.25, -0.2) is 9.78 Å². The molecule has 1 aliphatic rings. The van der Waals surface area contributed by atoms with E-state index in [1.165, 1.54) is 14.2 Å². The number of ether oxygens (including phenoxy) is 2. The van der Waals surface area contributed by atoms with Crippen LogP contribution >= 0.6 is 0 Å². The Kier molecular flexibility index (Phi) is 5.73. The normalized spacial score (nSPS) is 15.9. The second-order valence-corrected chi connectivity index (χ2v) is 6.08. The van der Waals surface area contributed by atoms with Gasteiger partial charge in [-0.3, -0.25) is 14.5 Å². The highest BCUT2D eigenvalue weighted by Crippen LogP contribution is 2.28. The lowest BCUT2D eigenvalue weighted by atomic mass is 10.1. The van der Waals surface area contributed by atoms with E-state index in [1.807, 2.05) is 0 Å². The number of urea groups is 1. The molecule has 9 heteroatoms. The van der Waals surface area contributed by atoms with Gasteiger partial charge in [0.1, 0.15) is 11.9 Å². The highest BCUT2D eigenvalue weighted by molar-refractivity contribution is 6.06. The molecule has 1 fully saturated rings.